The summed E-state index contributed by atoms with van der Waals surface area (Å²) in [5, 5.41) is 8.83. The molecule has 90 valence electrons. The number of rotatable bonds is 3. The molecule has 0 radical (unpaired) electrons. The van der Waals surface area contributed by atoms with Crippen molar-refractivity contribution in [1.82, 2.24) is 4.90 Å². The third-order valence-corrected chi connectivity index (χ3v) is 2.97. The molecular weight excluding hydrogens is 206 g/mol. The first-order valence-electron chi connectivity index (χ1n) is 5.64. The summed E-state index contributed by atoms with van der Waals surface area (Å²) >= 11 is 0. The average molecular weight is 225 g/mol. The molecule has 1 rings (SSSR count). The molecule has 1 atom stereocenters. The van der Waals surface area contributed by atoms with Crippen LogP contribution in [0.15, 0.2) is 11.6 Å². The molecule has 1 N–H and O–H groups in total. The highest BCUT2D eigenvalue weighted by Gasteiger charge is 2.26. The molecule has 16 heavy (non-hydrogen) atoms. The molecule has 1 unspecified atom stereocenters. The summed E-state index contributed by atoms with van der Waals surface area (Å²) in [7, 11) is 0. The topological polar surface area (TPSA) is 57.6 Å². The molecule has 0 heterocycles. The SMILES string of the molecule is CC(=O)N(C(C)C)C1CC=C(C(=O)O)CC1. The molecular formula is C12H19NO3. The smallest absolute Gasteiger partial charge is 0.331 e. The Balaban J connectivity index is 2.71. The molecule has 0 aliphatic heterocycles. The Hall–Kier alpha value is -1.32. The monoisotopic (exact) mass is 225 g/mol. The first-order chi connectivity index (χ1) is 7.43. The Morgan fingerprint density at radius 3 is 2.44 bits per heavy atom. The Morgan fingerprint density at radius 2 is 2.12 bits per heavy atom. The largest absolute Gasteiger partial charge is 0.478 e. The van der Waals surface area contributed by atoms with Gasteiger partial charge >= 0.3 is 5.97 Å². The van der Waals surface area contributed by atoms with Crippen molar-refractivity contribution in [1.29, 1.82) is 0 Å². The molecule has 0 bridgehead atoms. The Bertz CT molecular complexity index is 320. The van der Waals surface area contributed by atoms with Crippen molar-refractivity contribution in [2.45, 2.75) is 52.1 Å². The highest BCUT2D eigenvalue weighted by molar-refractivity contribution is 5.86. The maximum atomic E-state index is 11.5. The number of carbonyl (C=O) groups is 2. The Kier molecular flexibility index (Phi) is 4.10. The number of carboxylic acid groups (broad SMARTS) is 1. The molecule has 1 aliphatic carbocycles. The van der Waals surface area contributed by atoms with Crippen LogP contribution in [0.4, 0.5) is 0 Å². The molecule has 0 saturated carbocycles. The lowest BCUT2D eigenvalue weighted by Gasteiger charge is -2.35. The summed E-state index contributed by atoms with van der Waals surface area (Å²) in [6, 6.07) is 0.322. The van der Waals surface area contributed by atoms with Crippen LogP contribution in [-0.2, 0) is 9.59 Å². The van der Waals surface area contributed by atoms with Crippen molar-refractivity contribution >= 4 is 11.9 Å². The number of aliphatic carboxylic acids is 1. The molecule has 0 saturated heterocycles. The van der Waals surface area contributed by atoms with Gasteiger partial charge in [0.15, 0.2) is 0 Å². The van der Waals surface area contributed by atoms with Crippen LogP contribution in [0.25, 0.3) is 0 Å². The number of hydrogen-bond acceptors (Lipinski definition) is 2. The van der Waals surface area contributed by atoms with Gasteiger partial charge in [-0.05, 0) is 33.1 Å². The van der Waals surface area contributed by atoms with E-state index in [-0.39, 0.29) is 18.0 Å². The maximum Gasteiger partial charge on any atom is 0.331 e. The van der Waals surface area contributed by atoms with Crippen LogP contribution >= 0.6 is 0 Å². The minimum absolute atomic E-state index is 0.0622. The van der Waals surface area contributed by atoms with Crippen LogP contribution in [0.5, 0.6) is 0 Å². The normalized spacial score (nSPS) is 20.5. The number of nitrogens with zero attached hydrogens (tertiary/aromatic N) is 1. The summed E-state index contributed by atoms with van der Waals surface area (Å²) in [5.74, 6) is -0.774. The molecule has 1 amide bonds. The Labute approximate surface area is 95.9 Å². The summed E-state index contributed by atoms with van der Waals surface area (Å²) in [6.45, 7) is 5.53. The van der Waals surface area contributed by atoms with E-state index in [2.05, 4.69) is 0 Å². The van der Waals surface area contributed by atoms with Gasteiger partial charge in [-0.2, -0.15) is 0 Å². The third kappa shape index (κ3) is 2.84. The van der Waals surface area contributed by atoms with Gasteiger partial charge in [0.25, 0.3) is 0 Å². The second-order valence-electron chi connectivity index (χ2n) is 4.48. The van der Waals surface area contributed by atoms with Gasteiger partial charge in [-0.15, -0.1) is 0 Å². The molecule has 4 nitrogen and oxygen atoms in total. The van der Waals surface area contributed by atoms with Crippen LogP contribution < -0.4 is 0 Å². The van der Waals surface area contributed by atoms with E-state index in [4.69, 9.17) is 5.11 Å². The Morgan fingerprint density at radius 1 is 1.50 bits per heavy atom. The van der Waals surface area contributed by atoms with Crippen LogP contribution in [0.1, 0.15) is 40.0 Å². The quantitative estimate of drug-likeness (QED) is 0.796. The second-order valence-corrected chi connectivity index (χ2v) is 4.48. The number of hydrogen-bond donors (Lipinski definition) is 1. The van der Waals surface area contributed by atoms with E-state index in [0.717, 1.165) is 6.42 Å². The van der Waals surface area contributed by atoms with E-state index in [1.165, 1.54) is 0 Å². The van der Waals surface area contributed by atoms with Gasteiger partial charge in [-0.3, -0.25) is 4.79 Å². The molecule has 0 aromatic carbocycles. The zero-order valence-electron chi connectivity index (χ0n) is 10.1. The number of carbonyl (C=O) groups excluding carboxylic acids is 1. The summed E-state index contributed by atoms with van der Waals surface area (Å²) in [4.78, 5) is 24.1. The maximum absolute atomic E-state index is 11.5. The first-order valence-corrected chi connectivity index (χ1v) is 5.64. The highest BCUT2D eigenvalue weighted by atomic mass is 16.4. The zero-order valence-corrected chi connectivity index (χ0v) is 10.1. The van der Waals surface area contributed by atoms with E-state index in [0.29, 0.717) is 18.4 Å². The van der Waals surface area contributed by atoms with Gasteiger partial charge in [0.1, 0.15) is 0 Å². The standard InChI is InChI=1S/C12H19NO3/c1-8(2)13(9(3)14)11-6-4-10(5-7-11)12(15)16/h4,8,11H,5-7H2,1-3H3,(H,15,16). The molecule has 0 spiro atoms. The summed E-state index contributed by atoms with van der Waals surface area (Å²) in [6.07, 6.45) is 3.70. The van der Waals surface area contributed by atoms with Crippen molar-refractivity contribution in [2.75, 3.05) is 0 Å². The van der Waals surface area contributed by atoms with E-state index in [9.17, 15) is 9.59 Å². The summed E-state index contributed by atoms with van der Waals surface area (Å²) in [5.41, 5.74) is 0.475. The van der Waals surface area contributed by atoms with Gasteiger partial charge in [0, 0.05) is 24.6 Å². The molecule has 4 heteroatoms. The summed E-state index contributed by atoms with van der Waals surface area (Å²) < 4.78 is 0. The fourth-order valence-electron chi connectivity index (χ4n) is 2.31. The molecule has 1 aliphatic rings. The number of amides is 1. The van der Waals surface area contributed by atoms with Crippen LogP contribution in [0, 0.1) is 0 Å². The molecule has 0 aromatic heterocycles. The van der Waals surface area contributed by atoms with Crippen molar-refractivity contribution in [3.8, 4) is 0 Å². The number of carboxylic acids is 1. The van der Waals surface area contributed by atoms with Crippen molar-refractivity contribution in [2.24, 2.45) is 0 Å². The molecule has 0 fully saturated rings. The second kappa shape index (κ2) is 5.14. The lowest BCUT2D eigenvalue weighted by molar-refractivity contribution is -0.133. The lowest BCUT2D eigenvalue weighted by Crippen LogP contribution is -2.44. The van der Waals surface area contributed by atoms with E-state index in [1.54, 1.807) is 13.0 Å². The zero-order chi connectivity index (χ0) is 12.3. The third-order valence-electron chi connectivity index (χ3n) is 2.97. The predicted octanol–water partition coefficient (Wildman–Crippen LogP) is 1.81. The fourth-order valence-corrected chi connectivity index (χ4v) is 2.31. The van der Waals surface area contributed by atoms with E-state index >= 15 is 0 Å². The highest BCUT2D eigenvalue weighted by Crippen LogP contribution is 2.24. The van der Waals surface area contributed by atoms with E-state index < -0.39 is 5.97 Å². The fraction of sp³-hybridized carbons (Fsp3) is 0.667. The van der Waals surface area contributed by atoms with Gasteiger partial charge in [-0.1, -0.05) is 6.08 Å². The van der Waals surface area contributed by atoms with Gasteiger partial charge < -0.3 is 10.0 Å². The first kappa shape index (κ1) is 12.7. The minimum Gasteiger partial charge on any atom is -0.478 e. The van der Waals surface area contributed by atoms with Crippen LogP contribution in [0.2, 0.25) is 0 Å². The molecule has 0 aromatic rings. The minimum atomic E-state index is -0.836. The predicted molar refractivity (Wildman–Crippen MR) is 61.0 cm³/mol. The van der Waals surface area contributed by atoms with Gasteiger partial charge in [-0.25, -0.2) is 4.79 Å². The van der Waals surface area contributed by atoms with Crippen molar-refractivity contribution < 1.29 is 14.7 Å². The lowest BCUT2D eigenvalue weighted by atomic mass is 9.93. The van der Waals surface area contributed by atoms with Gasteiger partial charge in [0.05, 0.1) is 0 Å². The van der Waals surface area contributed by atoms with Crippen LogP contribution in [0.3, 0.4) is 0 Å². The van der Waals surface area contributed by atoms with Crippen molar-refractivity contribution in [3.05, 3.63) is 11.6 Å². The van der Waals surface area contributed by atoms with Crippen molar-refractivity contribution in [3.63, 3.8) is 0 Å². The van der Waals surface area contributed by atoms with Gasteiger partial charge in [0.2, 0.25) is 5.91 Å². The average Bonchev–Trinajstić information content (AvgIpc) is 2.17. The van der Waals surface area contributed by atoms with E-state index in [1.807, 2.05) is 18.7 Å². The van der Waals surface area contributed by atoms with Crippen LogP contribution in [-0.4, -0.2) is 34.0 Å².